The van der Waals surface area contributed by atoms with Crippen molar-refractivity contribution in [2.24, 2.45) is 0 Å². The molecule has 0 amide bonds. The van der Waals surface area contributed by atoms with Gasteiger partial charge in [0.1, 0.15) is 11.5 Å². The Morgan fingerprint density at radius 3 is 1.77 bits per heavy atom. The molecule has 2 aromatic rings. The molecular formula is C22H28F2O6. The summed E-state index contributed by atoms with van der Waals surface area (Å²) in [5, 5.41) is 8.67. The molecule has 0 aliphatic carbocycles. The maximum Gasteiger partial charge on any atom is 0.337 e. The van der Waals surface area contributed by atoms with Gasteiger partial charge in [0, 0.05) is 12.8 Å². The van der Waals surface area contributed by atoms with Crippen LogP contribution in [-0.2, 0) is 4.74 Å². The number of carbonyl (C=O) groups excluding carboxylic acids is 1. The lowest BCUT2D eigenvalue weighted by Gasteiger charge is -2.05. The van der Waals surface area contributed by atoms with E-state index in [0.717, 1.165) is 0 Å². The first-order valence-electron chi connectivity index (χ1n) is 8.91. The topological polar surface area (TPSA) is 82.1 Å². The average molecular weight is 426 g/mol. The van der Waals surface area contributed by atoms with Crippen molar-refractivity contribution in [1.29, 1.82) is 0 Å². The molecule has 0 heterocycles. The normalized spacial score (nSPS) is 9.43. The van der Waals surface area contributed by atoms with Gasteiger partial charge in [-0.15, -0.1) is 0 Å². The molecule has 0 atom stereocenters. The van der Waals surface area contributed by atoms with Crippen LogP contribution in [0.2, 0.25) is 0 Å². The zero-order valence-corrected chi connectivity index (χ0v) is 16.1. The average Bonchev–Trinajstić information content (AvgIpc) is 2.74. The van der Waals surface area contributed by atoms with Gasteiger partial charge in [0.15, 0.2) is 0 Å². The summed E-state index contributed by atoms with van der Waals surface area (Å²) >= 11 is 0. The third-order valence-electron chi connectivity index (χ3n) is 3.43. The maximum atomic E-state index is 11.8. The lowest BCUT2D eigenvalue weighted by molar-refractivity contribution is 0.0599. The van der Waals surface area contributed by atoms with Crippen molar-refractivity contribution in [3.8, 4) is 11.5 Å². The number of ether oxygens (including phenoxy) is 3. The number of methoxy groups -OCH3 is 1. The summed E-state index contributed by atoms with van der Waals surface area (Å²) < 4.78 is 38.5. The van der Waals surface area contributed by atoms with E-state index in [2.05, 4.69) is 4.74 Å². The number of hydrogen-bond acceptors (Lipinski definition) is 5. The van der Waals surface area contributed by atoms with Crippen LogP contribution in [0.25, 0.3) is 0 Å². The molecule has 166 valence electrons. The fourth-order valence-corrected chi connectivity index (χ4v) is 2.04. The van der Waals surface area contributed by atoms with Crippen molar-refractivity contribution < 1.29 is 37.7 Å². The summed E-state index contributed by atoms with van der Waals surface area (Å²) in [4.78, 5) is 21.7. The molecule has 0 radical (unpaired) electrons. The third-order valence-corrected chi connectivity index (χ3v) is 3.43. The number of esters is 1. The first-order chi connectivity index (χ1) is 14.0. The summed E-state index contributed by atoms with van der Waals surface area (Å²) in [6, 6.07) is 12.7. The van der Waals surface area contributed by atoms with Crippen molar-refractivity contribution in [2.75, 3.05) is 33.7 Å². The SMILES string of the molecule is C.COC(=O)c1cccc(OCCCF)c1.O=C(O)c1cccc(OCCCF)c1. The van der Waals surface area contributed by atoms with Crippen LogP contribution < -0.4 is 9.47 Å². The number of rotatable bonds is 10. The van der Waals surface area contributed by atoms with Gasteiger partial charge in [0.2, 0.25) is 0 Å². The number of carboxylic acid groups (broad SMARTS) is 1. The predicted octanol–water partition coefficient (Wildman–Crippen LogP) is 4.97. The Morgan fingerprint density at radius 1 is 0.867 bits per heavy atom. The van der Waals surface area contributed by atoms with Gasteiger partial charge in [0.25, 0.3) is 0 Å². The number of halogens is 2. The van der Waals surface area contributed by atoms with Gasteiger partial charge in [0.05, 0.1) is 44.8 Å². The monoisotopic (exact) mass is 426 g/mol. The van der Waals surface area contributed by atoms with Gasteiger partial charge in [-0.1, -0.05) is 19.6 Å². The molecule has 2 rings (SSSR count). The molecule has 0 bridgehead atoms. The molecule has 0 aliphatic rings. The highest BCUT2D eigenvalue weighted by atomic mass is 19.1. The minimum absolute atomic E-state index is 0. The molecule has 30 heavy (non-hydrogen) atoms. The third kappa shape index (κ3) is 10.4. The van der Waals surface area contributed by atoms with Crippen LogP contribution in [0.4, 0.5) is 8.78 Å². The second-order valence-corrected chi connectivity index (χ2v) is 5.63. The number of carbonyl (C=O) groups is 2. The van der Waals surface area contributed by atoms with E-state index in [1.165, 1.54) is 19.2 Å². The molecule has 0 spiro atoms. The van der Waals surface area contributed by atoms with Crippen LogP contribution in [-0.4, -0.2) is 50.7 Å². The van der Waals surface area contributed by atoms with Gasteiger partial charge < -0.3 is 19.3 Å². The summed E-state index contributed by atoms with van der Waals surface area (Å²) in [5.74, 6) is -0.406. The lowest BCUT2D eigenvalue weighted by atomic mass is 10.2. The summed E-state index contributed by atoms with van der Waals surface area (Å²) in [5.41, 5.74) is 0.595. The van der Waals surface area contributed by atoms with Crippen LogP contribution in [0.3, 0.4) is 0 Å². The zero-order chi connectivity index (χ0) is 21.5. The van der Waals surface area contributed by atoms with E-state index in [1.807, 2.05) is 0 Å². The van der Waals surface area contributed by atoms with Gasteiger partial charge in [-0.05, 0) is 36.4 Å². The molecule has 0 aliphatic heterocycles. The predicted molar refractivity (Wildman–Crippen MR) is 110 cm³/mol. The first-order valence-corrected chi connectivity index (χ1v) is 8.91. The Morgan fingerprint density at radius 2 is 1.33 bits per heavy atom. The van der Waals surface area contributed by atoms with Crippen molar-refractivity contribution in [1.82, 2.24) is 0 Å². The molecule has 6 nitrogen and oxygen atoms in total. The molecule has 0 fully saturated rings. The second-order valence-electron chi connectivity index (χ2n) is 5.63. The first kappa shape index (κ1) is 26.8. The van der Waals surface area contributed by atoms with Crippen molar-refractivity contribution >= 4 is 11.9 Å². The fourth-order valence-electron chi connectivity index (χ4n) is 2.04. The number of benzene rings is 2. The molecule has 0 saturated heterocycles. The Labute approximate surface area is 175 Å². The molecule has 8 heteroatoms. The Bertz CT molecular complexity index is 767. The van der Waals surface area contributed by atoms with Gasteiger partial charge >= 0.3 is 11.9 Å². The number of aromatic carboxylic acids is 1. The molecule has 1 N–H and O–H groups in total. The van der Waals surface area contributed by atoms with E-state index < -0.39 is 25.3 Å². The largest absolute Gasteiger partial charge is 0.493 e. The van der Waals surface area contributed by atoms with E-state index in [-0.39, 0.29) is 19.6 Å². The van der Waals surface area contributed by atoms with Gasteiger partial charge in [-0.25, -0.2) is 9.59 Å². The van der Waals surface area contributed by atoms with E-state index in [1.54, 1.807) is 36.4 Å². The smallest absolute Gasteiger partial charge is 0.337 e. The van der Waals surface area contributed by atoms with Gasteiger partial charge in [-0.2, -0.15) is 0 Å². The highest BCUT2D eigenvalue weighted by molar-refractivity contribution is 5.89. The Kier molecular flexibility index (Phi) is 14.1. The van der Waals surface area contributed by atoms with Crippen molar-refractivity contribution in [3.63, 3.8) is 0 Å². The highest BCUT2D eigenvalue weighted by Gasteiger charge is 2.06. The lowest BCUT2D eigenvalue weighted by Crippen LogP contribution is -2.03. The Balaban J connectivity index is 0.000000544. The standard InChI is InChI=1S/C11H13FO3.C10H11FO3.CH4/c1-14-11(13)9-4-2-5-10(8-9)15-7-3-6-12;11-5-2-6-14-9-4-1-3-8(7-9)10(12)13;/h2,4-5,8H,3,6-7H2,1H3;1,3-4,7H,2,5-6H2,(H,12,13);1H4. The molecule has 0 saturated carbocycles. The number of hydrogen-bond donors (Lipinski definition) is 1. The van der Waals surface area contributed by atoms with E-state index >= 15 is 0 Å². The van der Waals surface area contributed by atoms with E-state index in [0.29, 0.717) is 36.5 Å². The fraction of sp³-hybridized carbons (Fsp3) is 0.364. The number of carboxylic acids is 1. The Hall–Kier alpha value is -3.16. The van der Waals surface area contributed by atoms with Crippen molar-refractivity contribution in [2.45, 2.75) is 20.3 Å². The number of alkyl halides is 2. The summed E-state index contributed by atoms with van der Waals surface area (Å²) in [6.07, 6.45) is 0.666. The summed E-state index contributed by atoms with van der Waals surface area (Å²) in [6.45, 7) is -0.268. The molecular weight excluding hydrogens is 398 g/mol. The van der Waals surface area contributed by atoms with Crippen LogP contribution in [0.15, 0.2) is 48.5 Å². The van der Waals surface area contributed by atoms with E-state index in [4.69, 9.17) is 14.6 Å². The van der Waals surface area contributed by atoms with E-state index in [9.17, 15) is 18.4 Å². The van der Waals surface area contributed by atoms with Crippen molar-refractivity contribution in [3.05, 3.63) is 59.7 Å². The zero-order valence-electron chi connectivity index (χ0n) is 16.1. The molecule has 0 aromatic heterocycles. The maximum absolute atomic E-state index is 11.8. The highest BCUT2D eigenvalue weighted by Crippen LogP contribution is 2.14. The summed E-state index contributed by atoms with van der Waals surface area (Å²) in [7, 11) is 1.32. The minimum atomic E-state index is -0.999. The van der Waals surface area contributed by atoms with Crippen LogP contribution in [0.1, 0.15) is 41.0 Å². The molecule has 2 aromatic carbocycles. The van der Waals surface area contributed by atoms with Gasteiger partial charge in [-0.3, -0.25) is 8.78 Å². The minimum Gasteiger partial charge on any atom is -0.493 e. The molecule has 0 unspecified atom stereocenters. The van der Waals surface area contributed by atoms with Crippen LogP contribution >= 0.6 is 0 Å². The van der Waals surface area contributed by atoms with Crippen LogP contribution in [0, 0.1) is 0 Å². The second kappa shape index (κ2) is 15.7. The quantitative estimate of drug-likeness (QED) is 0.427. The van der Waals surface area contributed by atoms with Crippen LogP contribution in [0.5, 0.6) is 11.5 Å².